The summed E-state index contributed by atoms with van der Waals surface area (Å²) in [5, 5.41) is 21.8. The summed E-state index contributed by atoms with van der Waals surface area (Å²) in [5.74, 6) is 0.149. The minimum absolute atomic E-state index is 0.126. The third kappa shape index (κ3) is 4.73. The molecule has 0 saturated heterocycles. The maximum absolute atomic E-state index is 12.3. The van der Waals surface area contributed by atoms with Crippen LogP contribution < -0.4 is 14.8 Å². The monoisotopic (exact) mass is 534 g/mol. The zero-order valence-corrected chi connectivity index (χ0v) is 19.9. The molecule has 0 atom stereocenters. The standard InChI is InChI=1S/C25H19BrN4O5/c26-17-8-6-16(7-9-17)24(32)27-12-22(31)28-29-23-18-3-1-2-4-19(18)30(25(23)33)13-15-5-10-20-21(11-15)35-14-34-20/h1-11,33H,12-14H2,(H,27,32). The summed E-state index contributed by atoms with van der Waals surface area (Å²) in [5.41, 5.74) is 2.21. The number of para-hydroxylation sites is 1. The summed E-state index contributed by atoms with van der Waals surface area (Å²) in [4.78, 5) is 24.5. The van der Waals surface area contributed by atoms with Gasteiger partial charge in [0.25, 0.3) is 11.8 Å². The molecule has 0 bridgehead atoms. The Labute approximate surface area is 208 Å². The molecule has 4 aromatic rings. The van der Waals surface area contributed by atoms with Crippen LogP contribution in [0.4, 0.5) is 5.69 Å². The first-order chi connectivity index (χ1) is 17.0. The number of hydrogen-bond acceptors (Lipinski definition) is 6. The molecule has 1 aromatic heterocycles. The van der Waals surface area contributed by atoms with E-state index in [-0.39, 0.29) is 24.9 Å². The van der Waals surface area contributed by atoms with Crippen molar-refractivity contribution in [2.75, 3.05) is 13.3 Å². The lowest BCUT2D eigenvalue weighted by Crippen LogP contribution is -2.28. The van der Waals surface area contributed by atoms with Gasteiger partial charge in [0, 0.05) is 15.4 Å². The number of aromatic nitrogens is 1. The highest BCUT2D eigenvalue weighted by molar-refractivity contribution is 9.10. The molecule has 10 heteroatoms. The normalized spacial score (nSPS) is 12.4. The smallest absolute Gasteiger partial charge is 0.283 e. The van der Waals surface area contributed by atoms with E-state index in [1.807, 2.05) is 36.4 Å². The van der Waals surface area contributed by atoms with Gasteiger partial charge < -0.3 is 24.5 Å². The molecule has 35 heavy (non-hydrogen) atoms. The Hall–Kier alpha value is -4.18. The number of carbonyl (C=O) groups excluding carboxylic acids is 2. The number of carbonyl (C=O) groups is 2. The molecule has 0 fully saturated rings. The quantitative estimate of drug-likeness (QED) is 0.340. The van der Waals surface area contributed by atoms with E-state index in [1.165, 1.54) is 0 Å². The van der Waals surface area contributed by atoms with Gasteiger partial charge in [-0.3, -0.25) is 9.59 Å². The number of rotatable bonds is 6. The van der Waals surface area contributed by atoms with Crippen molar-refractivity contribution < 1.29 is 24.2 Å². The number of azo groups is 1. The van der Waals surface area contributed by atoms with Crippen LogP contribution in [0.15, 0.2) is 81.4 Å². The topological polar surface area (TPSA) is 115 Å². The van der Waals surface area contributed by atoms with Gasteiger partial charge in [-0.2, -0.15) is 0 Å². The molecule has 9 nitrogen and oxygen atoms in total. The number of ether oxygens (including phenoxy) is 2. The first-order valence-corrected chi connectivity index (χ1v) is 11.5. The van der Waals surface area contributed by atoms with Gasteiger partial charge in [0.2, 0.25) is 12.7 Å². The summed E-state index contributed by atoms with van der Waals surface area (Å²) >= 11 is 3.31. The zero-order valence-electron chi connectivity index (χ0n) is 18.3. The highest BCUT2D eigenvalue weighted by Gasteiger charge is 2.19. The number of amides is 2. The van der Waals surface area contributed by atoms with Crippen LogP contribution in [0.1, 0.15) is 15.9 Å². The molecule has 5 rings (SSSR count). The number of nitrogens with zero attached hydrogens (tertiary/aromatic N) is 3. The van der Waals surface area contributed by atoms with E-state index in [0.717, 1.165) is 15.6 Å². The predicted octanol–water partition coefficient (Wildman–Crippen LogP) is 4.93. The van der Waals surface area contributed by atoms with Crippen LogP contribution in [0, 0.1) is 0 Å². The zero-order chi connectivity index (χ0) is 24.4. The fraction of sp³-hybridized carbons (Fsp3) is 0.120. The molecule has 0 saturated carbocycles. The van der Waals surface area contributed by atoms with Gasteiger partial charge in [-0.1, -0.05) is 40.2 Å². The minimum Gasteiger partial charge on any atom is -0.493 e. The number of nitrogens with one attached hydrogen (secondary N) is 1. The molecule has 3 aromatic carbocycles. The summed E-state index contributed by atoms with van der Waals surface area (Å²) in [6.45, 7) is 0.198. The number of aromatic hydroxyl groups is 1. The lowest BCUT2D eigenvalue weighted by molar-refractivity contribution is -0.117. The summed E-state index contributed by atoms with van der Waals surface area (Å²) in [6, 6.07) is 19.6. The lowest BCUT2D eigenvalue weighted by atomic mass is 10.2. The molecule has 2 amide bonds. The van der Waals surface area contributed by atoms with Gasteiger partial charge in [-0.25, -0.2) is 0 Å². The average molecular weight is 535 g/mol. The second-order valence-corrected chi connectivity index (χ2v) is 8.66. The molecule has 0 spiro atoms. The second kappa shape index (κ2) is 9.59. The summed E-state index contributed by atoms with van der Waals surface area (Å²) in [6.07, 6.45) is 0. The van der Waals surface area contributed by atoms with Gasteiger partial charge in [0.1, 0.15) is 6.54 Å². The van der Waals surface area contributed by atoms with E-state index in [2.05, 4.69) is 31.5 Å². The van der Waals surface area contributed by atoms with Crippen molar-refractivity contribution in [1.82, 2.24) is 9.88 Å². The highest BCUT2D eigenvalue weighted by Crippen LogP contribution is 2.40. The molecule has 2 N–H and O–H groups in total. The van der Waals surface area contributed by atoms with Crippen LogP contribution in [0.2, 0.25) is 0 Å². The Morgan fingerprint density at radius 1 is 1.03 bits per heavy atom. The molecular weight excluding hydrogens is 516 g/mol. The minimum atomic E-state index is -0.650. The van der Waals surface area contributed by atoms with E-state index in [0.29, 0.717) is 29.0 Å². The van der Waals surface area contributed by atoms with E-state index in [1.54, 1.807) is 34.9 Å². The van der Waals surface area contributed by atoms with Crippen LogP contribution in [-0.2, 0) is 11.3 Å². The molecular formula is C25H19BrN4O5. The number of hydrogen-bond donors (Lipinski definition) is 2. The van der Waals surface area contributed by atoms with Gasteiger partial charge in [-0.15, -0.1) is 10.2 Å². The van der Waals surface area contributed by atoms with Crippen molar-refractivity contribution in [3.63, 3.8) is 0 Å². The number of benzene rings is 3. The average Bonchev–Trinajstić information content (AvgIpc) is 3.44. The molecule has 2 heterocycles. The first kappa shape index (κ1) is 22.6. The van der Waals surface area contributed by atoms with E-state index >= 15 is 0 Å². The fourth-order valence-electron chi connectivity index (χ4n) is 3.75. The van der Waals surface area contributed by atoms with Crippen molar-refractivity contribution >= 4 is 44.3 Å². The van der Waals surface area contributed by atoms with Crippen LogP contribution in [-0.4, -0.2) is 34.8 Å². The maximum Gasteiger partial charge on any atom is 0.283 e. The van der Waals surface area contributed by atoms with Gasteiger partial charge in [-0.05, 0) is 48.0 Å². The Kier molecular flexibility index (Phi) is 6.19. The predicted molar refractivity (Wildman–Crippen MR) is 131 cm³/mol. The van der Waals surface area contributed by atoms with E-state index in [9.17, 15) is 14.7 Å². The van der Waals surface area contributed by atoms with Crippen LogP contribution in [0.3, 0.4) is 0 Å². The molecule has 1 aliphatic rings. The van der Waals surface area contributed by atoms with Gasteiger partial charge in [0.15, 0.2) is 17.2 Å². The van der Waals surface area contributed by atoms with E-state index < -0.39 is 11.8 Å². The lowest BCUT2D eigenvalue weighted by Gasteiger charge is -2.08. The third-order valence-electron chi connectivity index (χ3n) is 5.46. The Morgan fingerprint density at radius 3 is 2.63 bits per heavy atom. The molecule has 0 unspecified atom stereocenters. The van der Waals surface area contributed by atoms with Crippen molar-refractivity contribution in [3.05, 3.63) is 82.3 Å². The first-order valence-electron chi connectivity index (χ1n) is 10.7. The van der Waals surface area contributed by atoms with Crippen LogP contribution in [0.5, 0.6) is 17.4 Å². The van der Waals surface area contributed by atoms with Crippen molar-refractivity contribution in [1.29, 1.82) is 0 Å². The maximum atomic E-state index is 12.3. The summed E-state index contributed by atoms with van der Waals surface area (Å²) < 4.78 is 13.3. The molecule has 0 aliphatic carbocycles. The molecule has 0 radical (unpaired) electrons. The Morgan fingerprint density at radius 2 is 1.80 bits per heavy atom. The third-order valence-corrected chi connectivity index (χ3v) is 5.99. The van der Waals surface area contributed by atoms with Gasteiger partial charge >= 0.3 is 0 Å². The molecule has 176 valence electrons. The van der Waals surface area contributed by atoms with Crippen molar-refractivity contribution in [2.24, 2.45) is 10.2 Å². The number of halogens is 1. The largest absolute Gasteiger partial charge is 0.493 e. The Bertz CT molecular complexity index is 1460. The highest BCUT2D eigenvalue weighted by atomic mass is 79.9. The summed E-state index contributed by atoms with van der Waals surface area (Å²) in [7, 11) is 0. The van der Waals surface area contributed by atoms with Crippen LogP contribution >= 0.6 is 15.9 Å². The fourth-order valence-corrected chi connectivity index (χ4v) is 4.02. The van der Waals surface area contributed by atoms with Crippen molar-refractivity contribution in [3.8, 4) is 17.4 Å². The van der Waals surface area contributed by atoms with Crippen molar-refractivity contribution in [2.45, 2.75) is 6.54 Å². The SMILES string of the molecule is O=C(CNC(=O)c1ccc(Br)cc1)N=Nc1c(O)n(Cc2ccc3c(c2)OCO3)c2ccccc12. The number of fused-ring (bicyclic) bond motifs is 2. The molecule has 1 aliphatic heterocycles. The Balaban J connectivity index is 1.33. The van der Waals surface area contributed by atoms with Crippen LogP contribution in [0.25, 0.3) is 10.9 Å². The second-order valence-electron chi connectivity index (χ2n) is 7.75. The van der Waals surface area contributed by atoms with E-state index in [4.69, 9.17) is 9.47 Å². The van der Waals surface area contributed by atoms with Gasteiger partial charge in [0.05, 0.1) is 12.1 Å².